The number of nitrogens with zero attached hydrogens (tertiary/aromatic N) is 1. The van der Waals surface area contributed by atoms with Crippen LogP contribution in [0.5, 0.6) is 0 Å². The first-order valence-electron chi connectivity index (χ1n) is 6.82. The largest absolute Gasteiger partial charge is 0.269 e. The molecule has 23 heavy (non-hydrogen) atoms. The van der Waals surface area contributed by atoms with E-state index in [4.69, 9.17) is 11.6 Å². The molecule has 3 aromatic rings. The molecule has 0 unspecified atom stereocenters. The van der Waals surface area contributed by atoms with E-state index in [2.05, 4.69) is 15.9 Å². The molecule has 0 amide bonds. The molecule has 0 heterocycles. The highest BCUT2D eigenvalue weighted by Gasteiger charge is 2.22. The van der Waals surface area contributed by atoms with Crippen LogP contribution in [-0.2, 0) is 10.0 Å². The molecule has 118 valence electrons. The van der Waals surface area contributed by atoms with Gasteiger partial charge in [-0.05, 0) is 57.0 Å². The van der Waals surface area contributed by atoms with Gasteiger partial charge < -0.3 is 0 Å². The SMILES string of the molecule is CN(c1ccc(Br)c(Cl)c1)S(=O)(=O)c1ccc2ccccc2c1. The summed E-state index contributed by atoms with van der Waals surface area (Å²) in [5.74, 6) is 0. The Balaban J connectivity index is 2.06. The highest BCUT2D eigenvalue weighted by Crippen LogP contribution is 2.30. The predicted molar refractivity (Wildman–Crippen MR) is 98.7 cm³/mol. The van der Waals surface area contributed by atoms with Crippen LogP contribution in [0.4, 0.5) is 5.69 Å². The Morgan fingerprint density at radius 3 is 2.35 bits per heavy atom. The summed E-state index contributed by atoms with van der Waals surface area (Å²) in [5, 5.41) is 2.35. The predicted octanol–water partition coefficient (Wildman–Crippen LogP) is 5.08. The molecule has 0 N–H and O–H groups in total. The lowest BCUT2D eigenvalue weighted by Gasteiger charge is -2.20. The van der Waals surface area contributed by atoms with Crippen LogP contribution in [0.2, 0.25) is 5.02 Å². The van der Waals surface area contributed by atoms with E-state index >= 15 is 0 Å². The molecule has 0 fully saturated rings. The fraction of sp³-hybridized carbons (Fsp3) is 0.0588. The highest BCUT2D eigenvalue weighted by molar-refractivity contribution is 9.10. The molecule has 0 aliphatic carbocycles. The number of fused-ring (bicyclic) bond motifs is 1. The van der Waals surface area contributed by atoms with E-state index in [-0.39, 0.29) is 4.90 Å². The molecule has 0 radical (unpaired) electrons. The van der Waals surface area contributed by atoms with Gasteiger partial charge in [0.05, 0.1) is 15.6 Å². The van der Waals surface area contributed by atoms with Crippen LogP contribution in [0.3, 0.4) is 0 Å². The number of hydrogen-bond acceptors (Lipinski definition) is 2. The Morgan fingerprint density at radius 2 is 1.65 bits per heavy atom. The van der Waals surface area contributed by atoms with E-state index in [1.54, 1.807) is 30.3 Å². The summed E-state index contributed by atoms with van der Waals surface area (Å²) in [6.07, 6.45) is 0. The quantitative estimate of drug-likeness (QED) is 0.604. The third kappa shape index (κ3) is 3.09. The van der Waals surface area contributed by atoms with Crippen molar-refractivity contribution in [3.05, 3.63) is 70.2 Å². The summed E-state index contributed by atoms with van der Waals surface area (Å²) in [5.41, 5.74) is 0.506. The average Bonchev–Trinajstić information content (AvgIpc) is 2.56. The summed E-state index contributed by atoms with van der Waals surface area (Å²) in [6.45, 7) is 0. The Morgan fingerprint density at radius 1 is 0.957 bits per heavy atom. The Bertz CT molecular complexity index is 989. The van der Waals surface area contributed by atoms with Crippen LogP contribution in [0, 0.1) is 0 Å². The molecule has 6 heteroatoms. The maximum atomic E-state index is 12.8. The summed E-state index contributed by atoms with van der Waals surface area (Å²) in [7, 11) is -2.14. The number of anilines is 1. The number of halogens is 2. The summed E-state index contributed by atoms with van der Waals surface area (Å²) >= 11 is 9.36. The van der Waals surface area contributed by atoms with Gasteiger partial charge in [0.1, 0.15) is 0 Å². The van der Waals surface area contributed by atoms with Gasteiger partial charge >= 0.3 is 0 Å². The molecule has 0 saturated heterocycles. The molecule has 0 aliphatic rings. The molecule has 0 saturated carbocycles. The fourth-order valence-corrected chi connectivity index (χ4v) is 3.95. The first-order chi connectivity index (χ1) is 10.9. The zero-order valence-electron chi connectivity index (χ0n) is 12.2. The average molecular weight is 411 g/mol. The third-order valence-corrected chi connectivity index (χ3v) is 6.66. The van der Waals surface area contributed by atoms with E-state index in [9.17, 15) is 8.42 Å². The minimum Gasteiger partial charge on any atom is -0.269 e. The molecule has 3 rings (SSSR count). The van der Waals surface area contributed by atoms with Crippen LogP contribution < -0.4 is 4.31 Å². The van der Waals surface area contributed by atoms with Crippen LogP contribution in [0.15, 0.2) is 70.0 Å². The van der Waals surface area contributed by atoms with Gasteiger partial charge in [-0.25, -0.2) is 8.42 Å². The van der Waals surface area contributed by atoms with Crippen molar-refractivity contribution >= 4 is 54.0 Å². The van der Waals surface area contributed by atoms with Gasteiger partial charge in [0, 0.05) is 11.5 Å². The zero-order chi connectivity index (χ0) is 16.6. The van der Waals surface area contributed by atoms with Crippen molar-refractivity contribution in [2.45, 2.75) is 4.90 Å². The van der Waals surface area contributed by atoms with E-state index in [1.165, 1.54) is 11.4 Å². The third-order valence-electron chi connectivity index (χ3n) is 3.65. The fourth-order valence-electron chi connectivity index (χ4n) is 2.31. The van der Waals surface area contributed by atoms with Crippen molar-refractivity contribution in [2.24, 2.45) is 0 Å². The van der Waals surface area contributed by atoms with E-state index in [0.29, 0.717) is 10.7 Å². The lowest BCUT2D eigenvalue weighted by molar-refractivity contribution is 0.594. The van der Waals surface area contributed by atoms with Crippen molar-refractivity contribution in [3.8, 4) is 0 Å². The standard InChI is InChI=1S/C17H13BrClNO2S/c1-20(14-7-9-16(18)17(19)11-14)23(21,22)15-8-6-12-4-2-3-5-13(12)10-15/h2-11H,1H3. The van der Waals surface area contributed by atoms with Gasteiger partial charge in [-0.3, -0.25) is 4.31 Å². The highest BCUT2D eigenvalue weighted by atomic mass is 79.9. The molecule has 0 spiro atoms. The Labute approximate surface area is 148 Å². The lowest BCUT2D eigenvalue weighted by Crippen LogP contribution is -2.26. The molecular formula is C17H13BrClNO2S. The smallest absolute Gasteiger partial charge is 0.264 e. The van der Waals surface area contributed by atoms with Gasteiger partial charge in [-0.15, -0.1) is 0 Å². The van der Waals surface area contributed by atoms with E-state index < -0.39 is 10.0 Å². The summed E-state index contributed by atoms with van der Waals surface area (Å²) < 4.78 is 27.6. The van der Waals surface area contributed by atoms with E-state index in [1.807, 2.05) is 30.3 Å². The Hall–Kier alpha value is -1.56. The maximum Gasteiger partial charge on any atom is 0.264 e. The minimum absolute atomic E-state index is 0.248. The second-order valence-corrected chi connectivity index (χ2v) is 8.31. The Kier molecular flexibility index (Phi) is 4.36. The monoisotopic (exact) mass is 409 g/mol. The van der Waals surface area contributed by atoms with Crippen LogP contribution >= 0.6 is 27.5 Å². The van der Waals surface area contributed by atoms with Gasteiger partial charge in [-0.2, -0.15) is 0 Å². The van der Waals surface area contributed by atoms with Crippen molar-refractivity contribution in [2.75, 3.05) is 11.4 Å². The number of hydrogen-bond donors (Lipinski definition) is 0. The normalized spacial score (nSPS) is 11.6. The molecule has 3 aromatic carbocycles. The van der Waals surface area contributed by atoms with Gasteiger partial charge in [0.15, 0.2) is 0 Å². The first-order valence-corrected chi connectivity index (χ1v) is 9.43. The van der Waals surface area contributed by atoms with Crippen LogP contribution in [-0.4, -0.2) is 15.5 Å². The van der Waals surface area contributed by atoms with Crippen molar-refractivity contribution in [3.63, 3.8) is 0 Å². The van der Waals surface area contributed by atoms with Crippen molar-refractivity contribution in [1.29, 1.82) is 0 Å². The van der Waals surface area contributed by atoms with E-state index in [0.717, 1.165) is 15.2 Å². The molecule has 0 aromatic heterocycles. The van der Waals surface area contributed by atoms with Crippen LogP contribution in [0.1, 0.15) is 0 Å². The molecule has 0 bridgehead atoms. The van der Waals surface area contributed by atoms with Gasteiger partial charge in [-0.1, -0.05) is 41.9 Å². The molecular weight excluding hydrogens is 398 g/mol. The molecule has 3 nitrogen and oxygen atoms in total. The van der Waals surface area contributed by atoms with Gasteiger partial charge in [0.25, 0.3) is 10.0 Å². The number of benzene rings is 3. The number of sulfonamides is 1. The van der Waals surface area contributed by atoms with Gasteiger partial charge in [0.2, 0.25) is 0 Å². The molecule has 0 atom stereocenters. The minimum atomic E-state index is -3.65. The first kappa shape index (κ1) is 16.3. The lowest BCUT2D eigenvalue weighted by atomic mass is 10.1. The second kappa shape index (κ2) is 6.15. The second-order valence-electron chi connectivity index (χ2n) is 5.08. The number of rotatable bonds is 3. The maximum absolute atomic E-state index is 12.8. The van der Waals surface area contributed by atoms with Crippen molar-refractivity contribution < 1.29 is 8.42 Å². The topological polar surface area (TPSA) is 37.4 Å². The summed E-state index contributed by atoms with van der Waals surface area (Å²) in [6, 6.07) is 17.8. The molecule has 0 aliphatic heterocycles. The summed E-state index contributed by atoms with van der Waals surface area (Å²) in [4.78, 5) is 0.248. The van der Waals surface area contributed by atoms with Crippen molar-refractivity contribution in [1.82, 2.24) is 0 Å². The zero-order valence-corrected chi connectivity index (χ0v) is 15.4. The van der Waals surface area contributed by atoms with Crippen LogP contribution in [0.25, 0.3) is 10.8 Å².